The van der Waals surface area contributed by atoms with E-state index in [1.54, 1.807) is 30.3 Å². The number of nitrogens with zero attached hydrogens (tertiary/aromatic N) is 2. The third-order valence-corrected chi connectivity index (χ3v) is 5.88. The Bertz CT molecular complexity index is 1060. The van der Waals surface area contributed by atoms with E-state index in [0.29, 0.717) is 5.56 Å². The van der Waals surface area contributed by atoms with Gasteiger partial charge in [0.1, 0.15) is 24.2 Å². The van der Waals surface area contributed by atoms with Crippen LogP contribution in [0.2, 0.25) is 0 Å². The highest BCUT2D eigenvalue weighted by Gasteiger charge is 2.31. The summed E-state index contributed by atoms with van der Waals surface area (Å²) in [6.07, 6.45) is -0.517. The van der Waals surface area contributed by atoms with Gasteiger partial charge in [0.2, 0.25) is 17.7 Å². The maximum Gasteiger partial charge on any atom is 0.326 e. The van der Waals surface area contributed by atoms with Gasteiger partial charge in [-0.1, -0.05) is 30.3 Å². The predicted octanol–water partition coefficient (Wildman–Crippen LogP) is -3.42. The monoisotopic (exact) mass is 578 g/mol. The summed E-state index contributed by atoms with van der Waals surface area (Å²) in [5.74, 6) is -3.83. The van der Waals surface area contributed by atoms with Crippen LogP contribution in [0, 0.1) is 0 Å². The molecule has 0 saturated carbocycles. The van der Waals surface area contributed by atoms with Gasteiger partial charge < -0.3 is 54.8 Å². The molecule has 228 valence electrons. The lowest BCUT2D eigenvalue weighted by Gasteiger charge is -2.25. The van der Waals surface area contributed by atoms with Crippen LogP contribution in [0.15, 0.2) is 40.3 Å². The molecule has 16 heteroatoms. The van der Waals surface area contributed by atoms with Gasteiger partial charge in [-0.05, 0) is 38.2 Å². The third-order valence-electron chi connectivity index (χ3n) is 5.88. The van der Waals surface area contributed by atoms with E-state index >= 15 is 0 Å². The highest BCUT2D eigenvalue weighted by molar-refractivity contribution is 5.94. The number of benzene rings is 1. The number of amides is 3. The number of nitrogens with one attached hydrogen (secondary N) is 3. The normalized spacial score (nSPS) is 14.3. The first-order valence-corrected chi connectivity index (χ1v) is 13.0. The Balaban J connectivity index is 3.13. The van der Waals surface area contributed by atoms with Gasteiger partial charge >= 0.3 is 5.97 Å². The van der Waals surface area contributed by atoms with Gasteiger partial charge in [0.25, 0.3) is 0 Å². The van der Waals surface area contributed by atoms with Gasteiger partial charge in [-0.2, -0.15) is 0 Å². The zero-order chi connectivity index (χ0) is 30.9. The first kappa shape index (κ1) is 34.6. The highest BCUT2D eigenvalue weighted by atomic mass is 16.4. The van der Waals surface area contributed by atoms with Crippen molar-refractivity contribution in [3.05, 3.63) is 35.9 Å². The number of nitrogens with two attached hydrogens (primary N) is 5. The number of hydrogen-bond donors (Lipinski definition) is 10. The quantitative estimate of drug-likeness (QED) is 0.0464. The molecule has 0 bridgehead atoms. The molecule has 1 aromatic rings. The average molecular weight is 579 g/mol. The molecule has 5 unspecified atom stereocenters. The molecule has 0 aromatic heterocycles. The standard InChI is InChI=1S/C25H42N10O6/c1-14(36)19(26)22(39)35-18(13-15-7-3-2-4-8-15)21(38)33-16(9-5-11-31-24(27)28)20(37)34-17(23(40)41)10-6-12-32-25(29)30/h2-4,7-8,14,16-19,36H,5-6,9-13,26H2,1H3,(H,33,38)(H,34,37)(H,35,39)(H,40,41)(H4,27,28,31)(H4,29,30,32). The fourth-order valence-electron chi connectivity index (χ4n) is 3.62. The number of guanidine groups is 2. The van der Waals surface area contributed by atoms with Crippen LogP contribution < -0.4 is 44.6 Å². The van der Waals surface area contributed by atoms with E-state index in [1.807, 2.05) is 0 Å². The Hall–Kier alpha value is -4.44. The summed E-state index contributed by atoms with van der Waals surface area (Å²) >= 11 is 0. The lowest BCUT2D eigenvalue weighted by atomic mass is 10.0. The third kappa shape index (κ3) is 14.0. The number of carboxylic acid groups (broad SMARTS) is 1. The number of carbonyl (C=O) groups excluding carboxylic acids is 3. The Kier molecular flexibility index (Phi) is 15.2. The van der Waals surface area contributed by atoms with Crippen molar-refractivity contribution in [2.24, 2.45) is 38.7 Å². The number of rotatable bonds is 18. The van der Waals surface area contributed by atoms with E-state index in [1.165, 1.54) is 6.92 Å². The number of aliphatic imine (C=N–C) groups is 2. The van der Waals surface area contributed by atoms with Crippen LogP contribution >= 0.6 is 0 Å². The van der Waals surface area contributed by atoms with Gasteiger partial charge in [0.15, 0.2) is 11.9 Å². The van der Waals surface area contributed by atoms with Crippen molar-refractivity contribution in [1.29, 1.82) is 0 Å². The fraction of sp³-hybridized carbons (Fsp3) is 0.520. The highest BCUT2D eigenvalue weighted by Crippen LogP contribution is 2.08. The van der Waals surface area contributed by atoms with Gasteiger partial charge in [0, 0.05) is 19.5 Å². The van der Waals surface area contributed by atoms with Crippen molar-refractivity contribution in [1.82, 2.24) is 16.0 Å². The molecule has 15 N–H and O–H groups in total. The summed E-state index contributed by atoms with van der Waals surface area (Å²) in [6, 6.07) is 3.86. The Morgan fingerprint density at radius 3 is 1.73 bits per heavy atom. The number of hydrogen-bond acceptors (Lipinski definition) is 8. The summed E-state index contributed by atoms with van der Waals surface area (Å²) in [7, 11) is 0. The van der Waals surface area contributed by atoms with Crippen LogP contribution in [0.4, 0.5) is 0 Å². The fourth-order valence-corrected chi connectivity index (χ4v) is 3.62. The van der Waals surface area contributed by atoms with Gasteiger partial charge in [-0.15, -0.1) is 0 Å². The van der Waals surface area contributed by atoms with Gasteiger partial charge in [-0.3, -0.25) is 24.4 Å². The van der Waals surface area contributed by atoms with Crippen LogP contribution in [0.5, 0.6) is 0 Å². The second kappa shape index (κ2) is 18.0. The van der Waals surface area contributed by atoms with Crippen molar-refractivity contribution in [3.8, 4) is 0 Å². The zero-order valence-electron chi connectivity index (χ0n) is 23.0. The van der Waals surface area contributed by atoms with Crippen molar-refractivity contribution in [2.45, 2.75) is 69.3 Å². The molecule has 0 aliphatic carbocycles. The lowest BCUT2D eigenvalue weighted by molar-refractivity contribution is -0.142. The minimum atomic E-state index is -1.30. The first-order chi connectivity index (χ1) is 19.3. The molecule has 0 radical (unpaired) electrons. The molecular formula is C25H42N10O6. The number of carboxylic acids is 1. The predicted molar refractivity (Wildman–Crippen MR) is 153 cm³/mol. The SMILES string of the molecule is CC(O)C(N)C(=O)NC(Cc1ccccc1)C(=O)NC(CCCN=C(N)N)C(=O)NC(CCCN=C(N)N)C(=O)O. The van der Waals surface area contributed by atoms with Crippen LogP contribution in [-0.2, 0) is 25.6 Å². The molecule has 0 aliphatic heterocycles. The van der Waals surface area contributed by atoms with Gasteiger partial charge in [0.05, 0.1) is 6.10 Å². The maximum atomic E-state index is 13.4. The molecule has 1 aromatic carbocycles. The molecule has 0 aliphatic rings. The molecule has 0 spiro atoms. The Morgan fingerprint density at radius 1 is 0.780 bits per heavy atom. The average Bonchev–Trinajstić information content (AvgIpc) is 2.90. The molecule has 0 saturated heterocycles. The summed E-state index contributed by atoms with van der Waals surface area (Å²) < 4.78 is 0. The van der Waals surface area contributed by atoms with E-state index < -0.39 is 54.0 Å². The van der Waals surface area contributed by atoms with Crippen LogP contribution in [0.1, 0.15) is 38.2 Å². The van der Waals surface area contributed by atoms with Crippen LogP contribution in [0.3, 0.4) is 0 Å². The van der Waals surface area contributed by atoms with E-state index in [-0.39, 0.29) is 57.1 Å². The lowest BCUT2D eigenvalue weighted by Crippen LogP contribution is -2.58. The Morgan fingerprint density at radius 2 is 1.24 bits per heavy atom. The van der Waals surface area contributed by atoms with Crippen LogP contribution in [-0.4, -0.2) is 89.2 Å². The molecule has 5 atom stereocenters. The summed E-state index contributed by atoms with van der Waals surface area (Å²) in [5, 5.41) is 26.9. The van der Waals surface area contributed by atoms with Crippen molar-refractivity contribution in [3.63, 3.8) is 0 Å². The molecule has 0 fully saturated rings. The van der Waals surface area contributed by atoms with Gasteiger partial charge in [-0.25, -0.2) is 4.79 Å². The van der Waals surface area contributed by atoms with E-state index in [2.05, 4.69) is 25.9 Å². The number of carbonyl (C=O) groups is 4. The minimum absolute atomic E-state index is 0.0242. The second-order valence-corrected chi connectivity index (χ2v) is 9.38. The number of aliphatic hydroxyl groups excluding tert-OH is 1. The molecular weight excluding hydrogens is 536 g/mol. The van der Waals surface area contributed by atoms with E-state index in [0.717, 1.165) is 0 Å². The zero-order valence-corrected chi connectivity index (χ0v) is 23.0. The molecule has 3 amide bonds. The first-order valence-electron chi connectivity index (χ1n) is 13.0. The molecule has 0 heterocycles. The van der Waals surface area contributed by atoms with E-state index in [9.17, 15) is 29.4 Å². The summed E-state index contributed by atoms with van der Waals surface area (Å²) in [6.45, 7) is 1.65. The number of aliphatic carboxylic acids is 1. The minimum Gasteiger partial charge on any atom is -0.480 e. The summed E-state index contributed by atoms with van der Waals surface area (Å²) in [5.41, 5.74) is 27.7. The van der Waals surface area contributed by atoms with Crippen molar-refractivity contribution >= 4 is 35.6 Å². The number of aliphatic hydroxyl groups is 1. The maximum absolute atomic E-state index is 13.4. The smallest absolute Gasteiger partial charge is 0.326 e. The second-order valence-electron chi connectivity index (χ2n) is 9.38. The Labute approximate surface area is 238 Å². The topological polar surface area (TPSA) is 300 Å². The molecule has 16 nitrogen and oxygen atoms in total. The van der Waals surface area contributed by atoms with E-state index in [4.69, 9.17) is 28.7 Å². The molecule has 41 heavy (non-hydrogen) atoms. The van der Waals surface area contributed by atoms with Crippen molar-refractivity contribution in [2.75, 3.05) is 13.1 Å². The van der Waals surface area contributed by atoms with Crippen molar-refractivity contribution < 1.29 is 29.4 Å². The largest absolute Gasteiger partial charge is 0.480 e. The summed E-state index contributed by atoms with van der Waals surface area (Å²) in [4.78, 5) is 58.6. The molecule has 1 rings (SSSR count). The van der Waals surface area contributed by atoms with Crippen LogP contribution in [0.25, 0.3) is 0 Å².